The molecule has 0 spiro atoms. The molecule has 1 unspecified atom stereocenters. The van der Waals surface area contributed by atoms with Gasteiger partial charge in [0.15, 0.2) is 6.23 Å². The van der Waals surface area contributed by atoms with Crippen molar-refractivity contribution in [3.8, 4) is 0 Å². The lowest BCUT2D eigenvalue weighted by Crippen LogP contribution is -2.38. The number of hydrogen-bond donors (Lipinski definition) is 1. The summed E-state index contributed by atoms with van der Waals surface area (Å²) in [5.74, 6) is 2.14. The number of allylic oxidation sites excluding steroid dienone is 1. The van der Waals surface area contributed by atoms with E-state index in [2.05, 4.69) is 46.0 Å². The number of ether oxygens (including phenoxy) is 1. The van der Waals surface area contributed by atoms with Crippen molar-refractivity contribution in [2.75, 3.05) is 19.8 Å². The van der Waals surface area contributed by atoms with Crippen molar-refractivity contribution in [1.82, 2.24) is 14.5 Å². The molecule has 1 saturated carbocycles. The van der Waals surface area contributed by atoms with Crippen LogP contribution in [0.2, 0.25) is 0 Å². The smallest absolute Gasteiger partial charge is 0.170 e. The molecule has 1 N–H and O–H groups in total. The van der Waals surface area contributed by atoms with Crippen LogP contribution in [-0.2, 0) is 11.2 Å². The van der Waals surface area contributed by atoms with Gasteiger partial charge >= 0.3 is 0 Å². The zero-order chi connectivity index (χ0) is 20.3. The molecule has 0 radical (unpaired) electrons. The second-order valence-electron chi connectivity index (χ2n) is 9.11. The van der Waals surface area contributed by atoms with Crippen molar-refractivity contribution in [1.29, 1.82) is 0 Å². The molecule has 5 heteroatoms. The summed E-state index contributed by atoms with van der Waals surface area (Å²) in [6.07, 6.45) is 12.9. The summed E-state index contributed by atoms with van der Waals surface area (Å²) in [5, 5.41) is 11.4. The zero-order valence-corrected chi connectivity index (χ0v) is 17.7. The highest BCUT2D eigenvalue weighted by Gasteiger charge is 2.33. The fourth-order valence-electron chi connectivity index (χ4n) is 5.34. The first-order valence-corrected chi connectivity index (χ1v) is 11.6. The Hall–Kier alpha value is -2.11. The molecule has 30 heavy (non-hydrogen) atoms. The van der Waals surface area contributed by atoms with E-state index in [9.17, 15) is 5.11 Å². The van der Waals surface area contributed by atoms with Crippen molar-refractivity contribution < 1.29 is 9.84 Å². The molecule has 2 aliphatic heterocycles. The molecule has 5 nitrogen and oxygen atoms in total. The first-order chi connectivity index (χ1) is 14.8. The fraction of sp³-hybridized carbons (Fsp3) is 0.560. The van der Waals surface area contributed by atoms with E-state index in [1.54, 1.807) is 0 Å². The summed E-state index contributed by atoms with van der Waals surface area (Å²) in [6, 6.07) is 10.6. The van der Waals surface area contributed by atoms with Crippen molar-refractivity contribution in [2.24, 2.45) is 5.92 Å². The SMILES string of the molecule is OC1c2cnc(C3CCOCC3)n2C=C(Cc2ccccc2)N1CC1CCCCC1. The maximum absolute atomic E-state index is 11.4. The Kier molecular flexibility index (Phi) is 5.91. The zero-order valence-electron chi connectivity index (χ0n) is 17.7. The van der Waals surface area contributed by atoms with Gasteiger partial charge in [-0.25, -0.2) is 4.98 Å². The van der Waals surface area contributed by atoms with Crippen molar-refractivity contribution in [3.05, 3.63) is 59.3 Å². The molecular formula is C25H33N3O2. The van der Waals surface area contributed by atoms with Gasteiger partial charge in [0, 0.05) is 44.0 Å². The molecule has 160 valence electrons. The Bertz CT molecular complexity index is 864. The number of aromatic nitrogens is 2. The van der Waals surface area contributed by atoms with Gasteiger partial charge < -0.3 is 19.3 Å². The summed E-state index contributed by atoms with van der Waals surface area (Å²) in [5.41, 5.74) is 3.38. The van der Waals surface area contributed by atoms with Crippen LogP contribution in [0.3, 0.4) is 0 Å². The Morgan fingerprint density at radius 3 is 2.53 bits per heavy atom. The Balaban J connectivity index is 1.47. The average Bonchev–Trinajstić information content (AvgIpc) is 3.22. The van der Waals surface area contributed by atoms with E-state index in [0.29, 0.717) is 11.8 Å². The number of imidazole rings is 1. The highest BCUT2D eigenvalue weighted by molar-refractivity contribution is 5.42. The molecule has 3 heterocycles. The molecule has 3 aliphatic rings. The molecule has 1 aromatic heterocycles. The van der Waals surface area contributed by atoms with Crippen LogP contribution >= 0.6 is 0 Å². The summed E-state index contributed by atoms with van der Waals surface area (Å²) in [7, 11) is 0. The fourth-order valence-corrected chi connectivity index (χ4v) is 5.34. The number of aliphatic hydroxyl groups excluding tert-OH is 1. The van der Waals surface area contributed by atoms with E-state index in [1.807, 2.05) is 6.20 Å². The van der Waals surface area contributed by atoms with Gasteiger partial charge in [-0.3, -0.25) is 0 Å². The van der Waals surface area contributed by atoms with Gasteiger partial charge in [-0.05, 0) is 37.2 Å². The van der Waals surface area contributed by atoms with Gasteiger partial charge in [0.1, 0.15) is 5.82 Å². The lowest BCUT2D eigenvalue weighted by atomic mass is 9.88. The standard InChI is InChI=1S/C25H33N3O2/c29-25-23-16-26-24(21-11-13-30-14-12-21)28(23)18-22(15-19-7-3-1-4-8-19)27(25)17-20-9-5-2-6-10-20/h1,3-4,7-8,16,18,20-21,25,29H,2,5-6,9-15,17H2. The average molecular weight is 408 g/mol. The van der Waals surface area contributed by atoms with Crippen LogP contribution in [0.15, 0.2) is 42.2 Å². The summed E-state index contributed by atoms with van der Waals surface area (Å²) >= 11 is 0. The minimum absolute atomic E-state index is 0.402. The van der Waals surface area contributed by atoms with Crippen LogP contribution in [0.5, 0.6) is 0 Å². The van der Waals surface area contributed by atoms with Crippen LogP contribution in [0.1, 0.15) is 74.2 Å². The van der Waals surface area contributed by atoms with Gasteiger partial charge in [-0.1, -0.05) is 49.6 Å². The van der Waals surface area contributed by atoms with Crippen LogP contribution in [0.4, 0.5) is 0 Å². The number of benzene rings is 1. The van der Waals surface area contributed by atoms with E-state index in [-0.39, 0.29) is 0 Å². The normalized spacial score (nSPS) is 23.3. The maximum Gasteiger partial charge on any atom is 0.170 e. The third-order valence-electron chi connectivity index (χ3n) is 7.06. The van der Waals surface area contributed by atoms with E-state index >= 15 is 0 Å². The van der Waals surface area contributed by atoms with Gasteiger partial charge in [-0.15, -0.1) is 0 Å². The van der Waals surface area contributed by atoms with E-state index < -0.39 is 6.23 Å². The molecule has 0 bridgehead atoms. The molecule has 1 aromatic carbocycles. The van der Waals surface area contributed by atoms with Crippen molar-refractivity contribution >= 4 is 6.20 Å². The predicted molar refractivity (Wildman–Crippen MR) is 118 cm³/mol. The molecule has 2 fully saturated rings. The molecule has 2 aromatic rings. The Labute approximate surface area is 179 Å². The van der Waals surface area contributed by atoms with E-state index in [4.69, 9.17) is 9.72 Å². The molecule has 1 saturated heterocycles. The van der Waals surface area contributed by atoms with Crippen LogP contribution in [0, 0.1) is 5.92 Å². The first kappa shape index (κ1) is 19.8. The van der Waals surface area contributed by atoms with E-state index in [0.717, 1.165) is 50.5 Å². The lowest BCUT2D eigenvalue weighted by molar-refractivity contribution is 0.00369. The minimum Gasteiger partial charge on any atom is -0.381 e. The van der Waals surface area contributed by atoms with Crippen LogP contribution in [-0.4, -0.2) is 39.3 Å². The molecular weight excluding hydrogens is 374 g/mol. The Morgan fingerprint density at radius 1 is 1.00 bits per heavy atom. The topological polar surface area (TPSA) is 50.5 Å². The monoisotopic (exact) mass is 407 g/mol. The van der Waals surface area contributed by atoms with Crippen LogP contribution < -0.4 is 0 Å². The molecule has 1 atom stereocenters. The van der Waals surface area contributed by atoms with Gasteiger partial charge in [0.25, 0.3) is 0 Å². The third-order valence-corrected chi connectivity index (χ3v) is 7.06. The summed E-state index contributed by atoms with van der Waals surface area (Å²) in [4.78, 5) is 7.01. The lowest BCUT2D eigenvalue weighted by Gasteiger charge is -2.39. The van der Waals surface area contributed by atoms with E-state index in [1.165, 1.54) is 43.4 Å². The first-order valence-electron chi connectivity index (χ1n) is 11.6. The number of rotatable bonds is 5. The van der Waals surface area contributed by atoms with Gasteiger partial charge in [0.2, 0.25) is 0 Å². The van der Waals surface area contributed by atoms with Gasteiger partial charge in [0.05, 0.1) is 11.9 Å². The maximum atomic E-state index is 11.4. The van der Waals surface area contributed by atoms with Gasteiger partial charge in [-0.2, -0.15) is 0 Å². The number of hydrogen-bond acceptors (Lipinski definition) is 4. The predicted octanol–water partition coefficient (Wildman–Crippen LogP) is 4.71. The van der Waals surface area contributed by atoms with Crippen molar-refractivity contribution in [3.63, 3.8) is 0 Å². The molecule has 0 amide bonds. The number of aliphatic hydroxyl groups is 1. The largest absolute Gasteiger partial charge is 0.381 e. The second kappa shape index (κ2) is 8.94. The highest BCUT2D eigenvalue weighted by Crippen LogP contribution is 2.37. The minimum atomic E-state index is -0.628. The second-order valence-corrected chi connectivity index (χ2v) is 9.11. The third kappa shape index (κ3) is 4.06. The molecule has 1 aliphatic carbocycles. The number of fused-ring (bicyclic) bond motifs is 1. The summed E-state index contributed by atoms with van der Waals surface area (Å²) < 4.78 is 7.73. The highest BCUT2D eigenvalue weighted by atomic mass is 16.5. The van der Waals surface area contributed by atoms with Crippen LogP contribution in [0.25, 0.3) is 6.20 Å². The quantitative estimate of drug-likeness (QED) is 0.780. The van der Waals surface area contributed by atoms with Crippen molar-refractivity contribution in [2.45, 2.75) is 63.5 Å². The Morgan fingerprint density at radius 2 is 1.77 bits per heavy atom. The summed E-state index contributed by atoms with van der Waals surface area (Å²) in [6.45, 7) is 2.52. The number of nitrogens with zero attached hydrogens (tertiary/aromatic N) is 3. The molecule has 5 rings (SSSR count).